The van der Waals surface area contributed by atoms with Crippen LogP contribution in [0.15, 0.2) is 24.3 Å². The van der Waals surface area contributed by atoms with Crippen LogP contribution in [0.25, 0.3) is 0 Å². The Kier molecular flexibility index (Phi) is 5.62. The van der Waals surface area contributed by atoms with Gasteiger partial charge in [0.2, 0.25) is 0 Å². The average molecular weight is 274 g/mol. The van der Waals surface area contributed by atoms with Gasteiger partial charge in [0, 0.05) is 18.6 Å². The van der Waals surface area contributed by atoms with E-state index in [0.717, 1.165) is 18.9 Å². The monoisotopic (exact) mass is 274 g/mol. The number of aryl methyl sites for hydroxylation is 1. The summed E-state index contributed by atoms with van der Waals surface area (Å²) in [5, 5.41) is 3.69. The molecule has 1 aliphatic rings. The van der Waals surface area contributed by atoms with Gasteiger partial charge in [-0.25, -0.2) is 0 Å². The number of likely N-dealkylation sites (tertiary alicyclic amines) is 1. The van der Waals surface area contributed by atoms with E-state index in [9.17, 15) is 0 Å². The Labute approximate surface area is 124 Å². The molecule has 0 spiro atoms. The highest BCUT2D eigenvalue weighted by molar-refractivity contribution is 5.26. The van der Waals surface area contributed by atoms with E-state index >= 15 is 0 Å². The fraction of sp³-hybridized carbons (Fsp3) is 0.667. The molecule has 1 aromatic rings. The Morgan fingerprint density at radius 3 is 2.45 bits per heavy atom. The van der Waals surface area contributed by atoms with E-state index in [1.807, 2.05) is 0 Å². The Hall–Kier alpha value is -0.860. The molecule has 1 aliphatic heterocycles. The summed E-state index contributed by atoms with van der Waals surface area (Å²) < 4.78 is 0. The number of rotatable bonds is 6. The minimum Gasteiger partial charge on any atom is -0.309 e. The van der Waals surface area contributed by atoms with Gasteiger partial charge >= 0.3 is 0 Å². The predicted molar refractivity (Wildman–Crippen MR) is 87.1 cm³/mol. The zero-order valence-corrected chi connectivity index (χ0v) is 13.5. The Morgan fingerprint density at radius 2 is 1.95 bits per heavy atom. The lowest BCUT2D eigenvalue weighted by atomic mass is 9.97. The summed E-state index contributed by atoms with van der Waals surface area (Å²) in [5.74, 6) is 0.849. The van der Waals surface area contributed by atoms with Gasteiger partial charge in [0.25, 0.3) is 0 Å². The zero-order chi connectivity index (χ0) is 14.5. The average Bonchev–Trinajstić information content (AvgIpc) is 2.91. The van der Waals surface area contributed by atoms with Gasteiger partial charge in [-0.15, -0.1) is 0 Å². The van der Waals surface area contributed by atoms with Gasteiger partial charge in [-0.2, -0.15) is 0 Å². The van der Waals surface area contributed by atoms with Crippen molar-refractivity contribution < 1.29 is 0 Å². The topological polar surface area (TPSA) is 15.3 Å². The molecule has 3 unspecified atom stereocenters. The molecule has 0 saturated carbocycles. The molecule has 1 heterocycles. The summed E-state index contributed by atoms with van der Waals surface area (Å²) in [7, 11) is 0. The number of hydrogen-bond donors (Lipinski definition) is 1. The second-order valence-corrected chi connectivity index (χ2v) is 6.26. The molecule has 1 N–H and O–H groups in total. The van der Waals surface area contributed by atoms with Gasteiger partial charge in [0.05, 0.1) is 0 Å². The van der Waals surface area contributed by atoms with Crippen LogP contribution in [0.3, 0.4) is 0 Å². The summed E-state index contributed by atoms with van der Waals surface area (Å²) in [6.07, 6.45) is 2.46. The highest BCUT2D eigenvalue weighted by atomic mass is 15.2. The van der Waals surface area contributed by atoms with Crippen LogP contribution < -0.4 is 5.32 Å². The second-order valence-electron chi connectivity index (χ2n) is 6.26. The Morgan fingerprint density at radius 1 is 1.25 bits per heavy atom. The first-order valence-electron chi connectivity index (χ1n) is 8.22. The maximum Gasteiger partial charge on any atom is 0.0475 e. The minimum absolute atomic E-state index is 0.441. The van der Waals surface area contributed by atoms with Crippen LogP contribution in [0.1, 0.15) is 51.3 Å². The van der Waals surface area contributed by atoms with Gasteiger partial charge in [-0.3, -0.25) is 4.90 Å². The van der Waals surface area contributed by atoms with Gasteiger partial charge in [-0.05, 0) is 49.9 Å². The van der Waals surface area contributed by atoms with Crippen LogP contribution in [0.2, 0.25) is 0 Å². The molecule has 20 heavy (non-hydrogen) atoms. The Bertz CT molecular complexity index is 398. The number of likely N-dealkylation sites (N-methyl/N-ethyl adjacent to an activating group) is 1. The second kappa shape index (κ2) is 7.24. The fourth-order valence-corrected chi connectivity index (χ4v) is 3.30. The minimum atomic E-state index is 0.441. The molecular formula is C18H30N2. The van der Waals surface area contributed by atoms with E-state index < -0.39 is 0 Å². The third kappa shape index (κ3) is 3.62. The van der Waals surface area contributed by atoms with E-state index in [1.54, 1.807) is 0 Å². The molecule has 1 fully saturated rings. The van der Waals surface area contributed by atoms with E-state index in [1.165, 1.54) is 30.6 Å². The molecule has 2 heteroatoms. The lowest BCUT2D eigenvalue weighted by Crippen LogP contribution is -2.41. The van der Waals surface area contributed by atoms with Gasteiger partial charge in [0.1, 0.15) is 0 Å². The number of nitrogens with one attached hydrogen (secondary N) is 1. The van der Waals surface area contributed by atoms with Crippen LogP contribution in [-0.4, -0.2) is 30.6 Å². The predicted octanol–water partition coefficient (Wildman–Crippen LogP) is 3.63. The van der Waals surface area contributed by atoms with Gasteiger partial charge < -0.3 is 5.32 Å². The standard InChI is InChI=1S/C18H30N2/c1-5-16-7-9-17(10-8-16)18(19-6-2)15(4)20-12-11-14(3)13-20/h7-10,14-15,18-19H,5-6,11-13H2,1-4H3. The van der Waals surface area contributed by atoms with E-state index in [2.05, 4.69) is 62.2 Å². The molecule has 0 bridgehead atoms. The van der Waals surface area contributed by atoms with Crippen molar-refractivity contribution in [1.29, 1.82) is 0 Å². The number of nitrogens with zero attached hydrogens (tertiary/aromatic N) is 1. The van der Waals surface area contributed by atoms with E-state index in [0.29, 0.717) is 12.1 Å². The van der Waals surface area contributed by atoms with E-state index in [-0.39, 0.29) is 0 Å². The molecule has 1 saturated heterocycles. The smallest absolute Gasteiger partial charge is 0.0475 e. The van der Waals surface area contributed by atoms with Crippen molar-refractivity contribution in [2.24, 2.45) is 5.92 Å². The van der Waals surface area contributed by atoms with Crippen molar-refractivity contribution in [3.05, 3.63) is 35.4 Å². The summed E-state index contributed by atoms with van der Waals surface area (Å²) in [4.78, 5) is 2.64. The molecule has 0 radical (unpaired) electrons. The SMILES string of the molecule is CCNC(c1ccc(CC)cc1)C(C)N1CCC(C)C1. The van der Waals surface area contributed by atoms with Crippen molar-refractivity contribution in [3.63, 3.8) is 0 Å². The molecule has 112 valence electrons. The van der Waals surface area contributed by atoms with Crippen molar-refractivity contribution in [2.45, 2.75) is 52.6 Å². The number of benzene rings is 1. The van der Waals surface area contributed by atoms with Crippen molar-refractivity contribution in [3.8, 4) is 0 Å². The first-order chi connectivity index (χ1) is 9.65. The molecule has 2 rings (SSSR count). The fourth-order valence-electron chi connectivity index (χ4n) is 3.30. The molecule has 0 aromatic heterocycles. The van der Waals surface area contributed by atoms with Crippen molar-refractivity contribution in [2.75, 3.05) is 19.6 Å². The molecule has 3 atom stereocenters. The van der Waals surface area contributed by atoms with Crippen LogP contribution in [0.5, 0.6) is 0 Å². The van der Waals surface area contributed by atoms with Crippen LogP contribution in [0, 0.1) is 5.92 Å². The van der Waals surface area contributed by atoms with Crippen LogP contribution in [-0.2, 0) is 6.42 Å². The summed E-state index contributed by atoms with van der Waals surface area (Å²) in [6.45, 7) is 12.7. The molecular weight excluding hydrogens is 244 g/mol. The lowest BCUT2D eigenvalue weighted by molar-refractivity contribution is 0.202. The number of hydrogen-bond acceptors (Lipinski definition) is 2. The summed E-state index contributed by atoms with van der Waals surface area (Å²) >= 11 is 0. The third-order valence-electron chi connectivity index (χ3n) is 4.68. The highest BCUT2D eigenvalue weighted by Gasteiger charge is 2.28. The first-order valence-corrected chi connectivity index (χ1v) is 8.22. The molecule has 2 nitrogen and oxygen atoms in total. The zero-order valence-electron chi connectivity index (χ0n) is 13.5. The quantitative estimate of drug-likeness (QED) is 0.852. The third-order valence-corrected chi connectivity index (χ3v) is 4.68. The molecule has 0 aliphatic carbocycles. The largest absolute Gasteiger partial charge is 0.309 e. The lowest BCUT2D eigenvalue weighted by Gasteiger charge is -2.33. The molecule has 1 aromatic carbocycles. The highest BCUT2D eigenvalue weighted by Crippen LogP contribution is 2.26. The maximum atomic E-state index is 3.69. The summed E-state index contributed by atoms with van der Waals surface area (Å²) in [5.41, 5.74) is 2.85. The van der Waals surface area contributed by atoms with Gasteiger partial charge in [-0.1, -0.05) is 45.0 Å². The molecule has 0 amide bonds. The summed E-state index contributed by atoms with van der Waals surface area (Å²) in [6, 6.07) is 10.2. The van der Waals surface area contributed by atoms with Crippen LogP contribution >= 0.6 is 0 Å². The van der Waals surface area contributed by atoms with Crippen molar-refractivity contribution >= 4 is 0 Å². The first kappa shape index (κ1) is 15.5. The van der Waals surface area contributed by atoms with Gasteiger partial charge in [0.15, 0.2) is 0 Å². The van der Waals surface area contributed by atoms with Crippen LogP contribution in [0.4, 0.5) is 0 Å². The van der Waals surface area contributed by atoms with E-state index in [4.69, 9.17) is 0 Å². The maximum absolute atomic E-state index is 3.69. The normalized spacial score (nSPS) is 22.9. The van der Waals surface area contributed by atoms with Crippen molar-refractivity contribution in [1.82, 2.24) is 10.2 Å². The Balaban J connectivity index is 2.12.